The third-order valence-electron chi connectivity index (χ3n) is 2.60. The van der Waals surface area contributed by atoms with Crippen molar-refractivity contribution in [1.29, 1.82) is 5.26 Å². The molecule has 0 unspecified atom stereocenters. The van der Waals surface area contributed by atoms with E-state index in [2.05, 4.69) is 11.4 Å². The van der Waals surface area contributed by atoms with Crippen LogP contribution in [0.3, 0.4) is 0 Å². The highest BCUT2D eigenvalue weighted by Gasteiger charge is 2.11. The van der Waals surface area contributed by atoms with Gasteiger partial charge >= 0.3 is 0 Å². The van der Waals surface area contributed by atoms with Crippen LogP contribution >= 0.6 is 11.6 Å². The van der Waals surface area contributed by atoms with E-state index in [1.807, 2.05) is 0 Å². The number of carbonyl (C=O) groups is 1. The van der Waals surface area contributed by atoms with Gasteiger partial charge in [-0.1, -0.05) is 11.6 Å². The Morgan fingerprint density at radius 1 is 1.35 bits per heavy atom. The fourth-order valence-corrected chi connectivity index (χ4v) is 1.95. The van der Waals surface area contributed by atoms with E-state index in [1.54, 1.807) is 24.3 Å². The molecule has 0 aliphatic heterocycles. The second-order valence-corrected chi connectivity index (χ2v) is 4.35. The first-order valence-corrected chi connectivity index (χ1v) is 5.77. The molecule has 1 aliphatic carbocycles. The molecular weight excluding hydrogens is 236 g/mol. The Balaban J connectivity index is 2.25. The van der Waals surface area contributed by atoms with Crippen molar-refractivity contribution in [3.8, 4) is 6.07 Å². The standard InChI is InChI=1S/C13H11ClN2O/c14-10-4-5-13(9(6-10)8-15)16-11-2-1-3-12(17)7-11/h4-7,16H,1-3H2. The largest absolute Gasteiger partial charge is 0.358 e. The second-order valence-electron chi connectivity index (χ2n) is 3.92. The molecule has 0 radical (unpaired) electrons. The molecule has 0 saturated heterocycles. The smallest absolute Gasteiger partial charge is 0.157 e. The van der Waals surface area contributed by atoms with Crippen molar-refractivity contribution in [2.24, 2.45) is 0 Å². The minimum Gasteiger partial charge on any atom is -0.358 e. The monoisotopic (exact) mass is 246 g/mol. The van der Waals surface area contributed by atoms with Gasteiger partial charge < -0.3 is 5.32 Å². The summed E-state index contributed by atoms with van der Waals surface area (Å²) in [6.45, 7) is 0. The molecule has 0 saturated carbocycles. The van der Waals surface area contributed by atoms with Gasteiger partial charge in [0.15, 0.2) is 5.78 Å². The number of halogens is 1. The average molecular weight is 247 g/mol. The molecule has 2 rings (SSSR count). The number of benzene rings is 1. The van der Waals surface area contributed by atoms with Gasteiger partial charge in [0.25, 0.3) is 0 Å². The molecule has 1 aromatic carbocycles. The number of rotatable bonds is 2. The van der Waals surface area contributed by atoms with E-state index in [-0.39, 0.29) is 5.78 Å². The van der Waals surface area contributed by atoms with Crippen molar-refractivity contribution in [2.45, 2.75) is 19.3 Å². The topological polar surface area (TPSA) is 52.9 Å². The quantitative estimate of drug-likeness (QED) is 0.871. The lowest BCUT2D eigenvalue weighted by Gasteiger charge is -2.15. The molecule has 1 aromatic rings. The highest BCUT2D eigenvalue weighted by atomic mass is 35.5. The van der Waals surface area contributed by atoms with E-state index >= 15 is 0 Å². The summed E-state index contributed by atoms with van der Waals surface area (Å²) in [6, 6.07) is 7.15. The summed E-state index contributed by atoms with van der Waals surface area (Å²) >= 11 is 5.81. The van der Waals surface area contributed by atoms with Crippen LogP contribution in [0.1, 0.15) is 24.8 Å². The lowest BCUT2D eigenvalue weighted by atomic mass is 10.0. The van der Waals surface area contributed by atoms with Crippen LogP contribution in [0.25, 0.3) is 0 Å². The van der Waals surface area contributed by atoms with E-state index in [9.17, 15) is 4.79 Å². The number of nitrogens with zero attached hydrogens (tertiary/aromatic N) is 1. The molecule has 17 heavy (non-hydrogen) atoms. The Labute approximate surface area is 105 Å². The SMILES string of the molecule is N#Cc1cc(Cl)ccc1NC1=CC(=O)CCC1. The fraction of sp³-hybridized carbons (Fsp3) is 0.231. The van der Waals surface area contributed by atoms with E-state index in [0.717, 1.165) is 18.5 Å². The van der Waals surface area contributed by atoms with Gasteiger partial charge in [-0.05, 0) is 31.0 Å². The molecule has 4 heteroatoms. The van der Waals surface area contributed by atoms with E-state index in [1.165, 1.54) is 0 Å². The van der Waals surface area contributed by atoms with Crippen molar-refractivity contribution in [1.82, 2.24) is 0 Å². The summed E-state index contributed by atoms with van der Waals surface area (Å²) in [5, 5.41) is 12.6. The summed E-state index contributed by atoms with van der Waals surface area (Å²) in [4.78, 5) is 11.3. The predicted octanol–water partition coefficient (Wildman–Crippen LogP) is 3.26. The number of nitriles is 1. The summed E-state index contributed by atoms with van der Waals surface area (Å²) in [5.41, 5.74) is 2.04. The van der Waals surface area contributed by atoms with Crippen molar-refractivity contribution in [3.63, 3.8) is 0 Å². The number of hydrogen-bond acceptors (Lipinski definition) is 3. The molecule has 3 nitrogen and oxygen atoms in total. The van der Waals surface area contributed by atoms with Gasteiger partial charge in [0.05, 0.1) is 11.3 Å². The van der Waals surface area contributed by atoms with Crippen molar-refractivity contribution in [2.75, 3.05) is 5.32 Å². The molecule has 0 bridgehead atoms. The lowest BCUT2D eigenvalue weighted by Crippen LogP contribution is -2.09. The molecule has 0 heterocycles. The zero-order valence-corrected chi connectivity index (χ0v) is 9.92. The van der Waals surface area contributed by atoms with Gasteiger partial charge in [0.1, 0.15) is 6.07 Å². The van der Waals surface area contributed by atoms with Gasteiger partial charge in [-0.3, -0.25) is 4.79 Å². The summed E-state index contributed by atoms with van der Waals surface area (Å²) in [6.07, 6.45) is 3.91. The van der Waals surface area contributed by atoms with E-state index in [4.69, 9.17) is 16.9 Å². The highest BCUT2D eigenvalue weighted by Crippen LogP contribution is 2.24. The Morgan fingerprint density at radius 3 is 2.88 bits per heavy atom. The minimum atomic E-state index is 0.131. The molecule has 86 valence electrons. The Kier molecular flexibility index (Phi) is 3.46. The number of hydrogen-bond donors (Lipinski definition) is 1. The van der Waals surface area contributed by atoms with Crippen molar-refractivity contribution < 1.29 is 4.79 Å². The zero-order chi connectivity index (χ0) is 12.3. The zero-order valence-electron chi connectivity index (χ0n) is 9.16. The van der Waals surface area contributed by atoms with Gasteiger partial charge in [0, 0.05) is 23.2 Å². The predicted molar refractivity (Wildman–Crippen MR) is 66.7 cm³/mol. The molecule has 1 aliphatic rings. The van der Waals surface area contributed by atoms with Crippen LogP contribution in [0.4, 0.5) is 5.69 Å². The summed E-state index contributed by atoms with van der Waals surface area (Å²) < 4.78 is 0. The number of anilines is 1. The minimum absolute atomic E-state index is 0.131. The maximum absolute atomic E-state index is 11.3. The summed E-state index contributed by atoms with van der Waals surface area (Å²) in [7, 11) is 0. The van der Waals surface area contributed by atoms with Crippen molar-refractivity contribution in [3.05, 3.63) is 40.6 Å². The van der Waals surface area contributed by atoms with Gasteiger partial charge in [0.2, 0.25) is 0 Å². The van der Waals surface area contributed by atoms with Crippen LogP contribution in [0.2, 0.25) is 5.02 Å². The first kappa shape index (κ1) is 11.7. The first-order valence-electron chi connectivity index (χ1n) is 5.39. The maximum Gasteiger partial charge on any atom is 0.157 e. The molecule has 0 aromatic heterocycles. The molecule has 0 amide bonds. The van der Waals surface area contributed by atoms with Crippen LogP contribution in [-0.4, -0.2) is 5.78 Å². The number of allylic oxidation sites excluding steroid dienone is 2. The number of nitrogens with one attached hydrogen (secondary N) is 1. The molecule has 0 fully saturated rings. The molecular formula is C13H11ClN2O. The summed E-state index contributed by atoms with van der Waals surface area (Å²) in [5.74, 6) is 0.131. The third kappa shape index (κ3) is 2.86. The molecule has 0 spiro atoms. The van der Waals surface area contributed by atoms with Crippen molar-refractivity contribution >= 4 is 23.1 Å². The Bertz CT molecular complexity index is 529. The number of carbonyl (C=O) groups excluding carboxylic acids is 1. The van der Waals surface area contributed by atoms with Gasteiger partial charge in [-0.25, -0.2) is 0 Å². The Morgan fingerprint density at radius 2 is 2.18 bits per heavy atom. The van der Waals surface area contributed by atoms with Crippen LogP contribution in [0, 0.1) is 11.3 Å². The van der Waals surface area contributed by atoms with E-state index < -0.39 is 0 Å². The second kappa shape index (κ2) is 5.03. The van der Waals surface area contributed by atoms with Crippen LogP contribution in [-0.2, 0) is 4.79 Å². The van der Waals surface area contributed by atoms with Gasteiger partial charge in [-0.15, -0.1) is 0 Å². The maximum atomic E-state index is 11.3. The Hall–Kier alpha value is -1.79. The van der Waals surface area contributed by atoms with E-state index in [0.29, 0.717) is 22.7 Å². The first-order chi connectivity index (χ1) is 8.19. The number of ketones is 1. The van der Waals surface area contributed by atoms with Crippen LogP contribution < -0.4 is 5.32 Å². The molecule has 1 N–H and O–H groups in total. The highest BCUT2D eigenvalue weighted by molar-refractivity contribution is 6.30. The van der Waals surface area contributed by atoms with Gasteiger partial charge in [-0.2, -0.15) is 5.26 Å². The lowest BCUT2D eigenvalue weighted by molar-refractivity contribution is -0.115. The molecule has 0 atom stereocenters. The third-order valence-corrected chi connectivity index (χ3v) is 2.84. The average Bonchev–Trinajstić information content (AvgIpc) is 2.31. The fourth-order valence-electron chi connectivity index (χ4n) is 1.78. The normalized spacial score (nSPS) is 15.1. The van der Waals surface area contributed by atoms with Crippen LogP contribution in [0.15, 0.2) is 30.0 Å². The van der Waals surface area contributed by atoms with Crippen LogP contribution in [0.5, 0.6) is 0 Å².